The number of rotatable bonds is 6. The largest absolute Gasteiger partial charge is 0.362 e. The lowest BCUT2D eigenvalue weighted by Crippen LogP contribution is -2.37. The molecule has 0 saturated heterocycles. The second kappa shape index (κ2) is 9.09. The van der Waals surface area contributed by atoms with Crippen molar-refractivity contribution < 1.29 is 0 Å². The first-order valence-electron chi connectivity index (χ1n) is 11.4. The Bertz CT molecular complexity index is 1210. The third-order valence-corrected chi connectivity index (χ3v) is 6.31. The van der Waals surface area contributed by atoms with E-state index in [2.05, 4.69) is 56.9 Å². The number of nitrogens with zero attached hydrogens (tertiary/aromatic N) is 4. The number of fused-ring (bicyclic) bond motifs is 2. The fraction of sp³-hybridized carbons (Fsp3) is 0.346. The molecule has 2 heterocycles. The van der Waals surface area contributed by atoms with Gasteiger partial charge in [-0.15, -0.1) is 0 Å². The summed E-state index contributed by atoms with van der Waals surface area (Å²) in [6.45, 7) is 0.862. The Morgan fingerprint density at radius 2 is 1.59 bits per heavy atom. The highest BCUT2D eigenvalue weighted by molar-refractivity contribution is 5.90. The van der Waals surface area contributed by atoms with Crippen molar-refractivity contribution in [3.8, 4) is 0 Å². The molecule has 2 aromatic heterocycles. The molecule has 0 aliphatic heterocycles. The minimum absolute atomic E-state index is 0.409. The van der Waals surface area contributed by atoms with Crippen molar-refractivity contribution in [1.29, 1.82) is 0 Å². The highest BCUT2D eigenvalue weighted by Gasteiger charge is 2.22. The minimum Gasteiger partial charge on any atom is -0.362 e. The molecule has 32 heavy (non-hydrogen) atoms. The van der Waals surface area contributed by atoms with Crippen molar-refractivity contribution in [2.45, 2.75) is 44.3 Å². The van der Waals surface area contributed by atoms with Crippen LogP contribution in [-0.2, 0) is 6.54 Å². The van der Waals surface area contributed by atoms with E-state index < -0.39 is 0 Å². The van der Waals surface area contributed by atoms with Crippen LogP contribution in [0.3, 0.4) is 0 Å². The summed E-state index contributed by atoms with van der Waals surface area (Å²) in [5.74, 6) is 1.68. The molecule has 0 atom stereocenters. The summed E-state index contributed by atoms with van der Waals surface area (Å²) in [6.07, 6.45) is 6.50. The predicted molar refractivity (Wildman–Crippen MR) is 132 cm³/mol. The third-order valence-electron chi connectivity index (χ3n) is 6.31. The van der Waals surface area contributed by atoms with Crippen LogP contribution < -0.4 is 15.5 Å². The molecule has 0 radical (unpaired) electrons. The van der Waals surface area contributed by atoms with E-state index in [1.807, 2.05) is 38.5 Å². The van der Waals surface area contributed by atoms with Gasteiger partial charge in [0.05, 0.1) is 11.0 Å². The zero-order valence-electron chi connectivity index (χ0n) is 18.8. The Morgan fingerprint density at radius 1 is 0.875 bits per heavy atom. The van der Waals surface area contributed by atoms with Crippen LogP contribution in [0.2, 0.25) is 0 Å². The van der Waals surface area contributed by atoms with Gasteiger partial charge in [0.1, 0.15) is 5.82 Å². The van der Waals surface area contributed by atoms with Gasteiger partial charge in [0.25, 0.3) is 0 Å². The summed E-state index contributed by atoms with van der Waals surface area (Å²) in [7, 11) is 4.06. The lowest BCUT2D eigenvalue weighted by molar-refractivity contribution is 0.352. The predicted octanol–water partition coefficient (Wildman–Crippen LogP) is 4.76. The third kappa shape index (κ3) is 4.50. The summed E-state index contributed by atoms with van der Waals surface area (Å²) in [4.78, 5) is 16.2. The first kappa shape index (κ1) is 20.6. The zero-order valence-corrected chi connectivity index (χ0v) is 18.8. The number of para-hydroxylation sites is 2. The number of benzene rings is 2. The van der Waals surface area contributed by atoms with Gasteiger partial charge in [-0.1, -0.05) is 30.3 Å². The van der Waals surface area contributed by atoms with Gasteiger partial charge in [0, 0.05) is 49.7 Å². The molecule has 0 amide bonds. The molecule has 164 valence electrons. The van der Waals surface area contributed by atoms with Crippen LogP contribution in [-0.4, -0.2) is 41.1 Å². The molecule has 4 aromatic rings. The summed E-state index contributed by atoms with van der Waals surface area (Å²) in [5, 5.41) is 9.61. The molecule has 5 rings (SSSR count). The fourth-order valence-corrected chi connectivity index (χ4v) is 4.57. The standard InChI is InChI=1S/C26H30N6/c1-32(2)25-22-8-4-6-10-24(22)30-26(31-25)29-21-13-11-20(12-14-21)27-16-18-15-19-7-3-5-9-23(19)28-17-18/h3-10,15,17,20-21,27H,11-14,16H2,1-2H3,(H,29,30,31). The Balaban J connectivity index is 1.18. The smallest absolute Gasteiger partial charge is 0.225 e. The topological polar surface area (TPSA) is 66.0 Å². The van der Waals surface area contributed by atoms with Gasteiger partial charge in [0.15, 0.2) is 0 Å². The molecule has 1 aliphatic carbocycles. The second-order valence-electron chi connectivity index (χ2n) is 8.89. The van der Waals surface area contributed by atoms with Crippen molar-refractivity contribution in [3.05, 3.63) is 66.4 Å². The molecular weight excluding hydrogens is 396 g/mol. The maximum absolute atomic E-state index is 4.80. The highest BCUT2D eigenvalue weighted by atomic mass is 15.2. The van der Waals surface area contributed by atoms with Crippen LogP contribution in [0.25, 0.3) is 21.8 Å². The molecule has 6 nitrogen and oxygen atoms in total. The monoisotopic (exact) mass is 426 g/mol. The average molecular weight is 427 g/mol. The van der Waals surface area contributed by atoms with Crippen LogP contribution in [0, 0.1) is 0 Å². The molecule has 2 N–H and O–H groups in total. The molecule has 0 unspecified atom stereocenters. The molecule has 0 bridgehead atoms. The highest BCUT2D eigenvalue weighted by Crippen LogP contribution is 2.26. The normalized spacial score (nSPS) is 18.7. The fourth-order valence-electron chi connectivity index (χ4n) is 4.57. The van der Waals surface area contributed by atoms with Gasteiger partial charge < -0.3 is 15.5 Å². The van der Waals surface area contributed by atoms with E-state index in [1.165, 1.54) is 10.9 Å². The SMILES string of the molecule is CN(C)c1nc(NC2CCC(NCc3cnc4ccccc4c3)CC2)nc2ccccc12. The van der Waals surface area contributed by atoms with E-state index in [9.17, 15) is 0 Å². The van der Waals surface area contributed by atoms with Gasteiger partial charge in [-0.25, -0.2) is 4.98 Å². The van der Waals surface area contributed by atoms with Crippen LogP contribution in [0.5, 0.6) is 0 Å². The lowest BCUT2D eigenvalue weighted by atomic mass is 9.91. The number of pyridine rings is 1. The Morgan fingerprint density at radius 3 is 2.41 bits per heavy atom. The summed E-state index contributed by atoms with van der Waals surface area (Å²) < 4.78 is 0. The summed E-state index contributed by atoms with van der Waals surface area (Å²) in [6, 6.07) is 19.7. The minimum atomic E-state index is 0.409. The van der Waals surface area contributed by atoms with Gasteiger partial charge in [-0.05, 0) is 55.5 Å². The van der Waals surface area contributed by atoms with E-state index in [1.54, 1.807) is 0 Å². The first-order valence-corrected chi connectivity index (χ1v) is 11.4. The van der Waals surface area contributed by atoms with Crippen LogP contribution in [0.4, 0.5) is 11.8 Å². The summed E-state index contributed by atoms with van der Waals surface area (Å²) >= 11 is 0. The Hall–Kier alpha value is -3.25. The average Bonchev–Trinajstić information content (AvgIpc) is 2.83. The zero-order chi connectivity index (χ0) is 21.9. The molecule has 6 heteroatoms. The van der Waals surface area contributed by atoms with Crippen molar-refractivity contribution in [2.75, 3.05) is 24.3 Å². The second-order valence-corrected chi connectivity index (χ2v) is 8.89. The van der Waals surface area contributed by atoms with Gasteiger partial charge in [-0.3, -0.25) is 4.98 Å². The quantitative estimate of drug-likeness (QED) is 0.464. The van der Waals surface area contributed by atoms with E-state index in [4.69, 9.17) is 9.97 Å². The van der Waals surface area contributed by atoms with Gasteiger partial charge in [0.2, 0.25) is 5.95 Å². The lowest BCUT2D eigenvalue weighted by Gasteiger charge is -2.30. The number of hydrogen-bond donors (Lipinski definition) is 2. The van der Waals surface area contributed by atoms with Gasteiger partial charge in [-0.2, -0.15) is 4.98 Å². The van der Waals surface area contributed by atoms with Crippen LogP contribution in [0.15, 0.2) is 60.8 Å². The van der Waals surface area contributed by atoms with E-state index in [0.717, 1.165) is 60.4 Å². The maximum atomic E-state index is 4.80. The van der Waals surface area contributed by atoms with Crippen molar-refractivity contribution in [1.82, 2.24) is 20.3 Å². The van der Waals surface area contributed by atoms with E-state index in [-0.39, 0.29) is 0 Å². The molecule has 1 fully saturated rings. The summed E-state index contributed by atoms with van der Waals surface area (Å²) in [5.41, 5.74) is 3.27. The number of aromatic nitrogens is 3. The Labute approximate surface area is 189 Å². The van der Waals surface area contributed by atoms with Crippen LogP contribution in [0.1, 0.15) is 31.2 Å². The van der Waals surface area contributed by atoms with Crippen molar-refractivity contribution >= 4 is 33.6 Å². The Kier molecular flexibility index (Phi) is 5.86. The van der Waals surface area contributed by atoms with Crippen molar-refractivity contribution in [2.24, 2.45) is 0 Å². The number of anilines is 2. The molecule has 0 spiro atoms. The first-order chi connectivity index (χ1) is 15.7. The van der Waals surface area contributed by atoms with Crippen LogP contribution >= 0.6 is 0 Å². The molecular formula is C26H30N6. The molecule has 2 aromatic carbocycles. The number of hydrogen-bond acceptors (Lipinski definition) is 6. The van der Waals surface area contributed by atoms with E-state index in [0.29, 0.717) is 12.1 Å². The van der Waals surface area contributed by atoms with E-state index >= 15 is 0 Å². The maximum Gasteiger partial charge on any atom is 0.225 e. The molecule has 1 aliphatic rings. The van der Waals surface area contributed by atoms with Gasteiger partial charge >= 0.3 is 0 Å². The molecule has 1 saturated carbocycles. The number of nitrogens with one attached hydrogen (secondary N) is 2. The van der Waals surface area contributed by atoms with Crippen molar-refractivity contribution in [3.63, 3.8) is 0 Å².